The molecule has 3 amide bonds. The van der Waals surface area contributed by atoms with Crippen molar-refractivity contribution in [2.75, 3.05) is 18.2 Å². The van der Waals surface area contributed by atoms with E-state index in [1.807, 2.05) is 12.1 Å². The van der Waals surface area contributed by atoms with Crippen molar-refractivity contribution in [1.82, 2.24) is 4.90 Å². The van der Waals surface area contributed by atoms with Crippen molar-refractivity contribution in [2.24, 2.45) is 17.8 Å². The molecule has 0 atom stereocenters. The number of carbonyl (C=O) groups is 3. The van der Waals surface area contributed by atoms with Gasteiger partial charge in [-0.15, -0.1) is 0 Å². The highest BCUT2D eigenvalue weighted by Crippen LogP contribution is 2.41. The van der Waals surface area contributed by atoms with Gasteiger partial charge in [0.1, 0.15) is 6.73 Å². The summed E-state index contributed by atoms with van der Waals surface area (Å²) in [6.07, 6.45) is 18.5. The third-order valence-electron chi connectivity index (χ3n) is 8.45. The molecule has 6 heteroatoms. The standard InChI is InChI=1S/C30H36N2O4/c1-21-19-29(34)32(30(21)35)27-16-12-25(13-17-27)24-10-6-22(7-11-24)4-5-23-8-14-26(15-9-23)31-20-36-18-2-3-28(31)33/h2-5,8-9,14-15,19,22,24-25,27H,6-7,10-13,16-18,20H2,1H3/b5-4+. The Morgan fingerprint density at radius 2 is 1.53 bits per heavy atom. The Hall–Kier alpha value is -2.99. The summed E-state index contributed by atoms with van der Waals surface area (Å²) in [4.78, 5) is 39.9. The number of imide groups is 1. The number of amides is 3. The monoisotopic (exact) mass is 488 g/mol. The van der Waals surface area contributed by atoms with Gasteiger partial charge in [-0.1, -0.05) is 30.4 Å². The zero-order valence-electron chi connectivity index (χ0n) is 21.1. The van der Waals surface area contributed by atoms with Crippen molar-refractivity contribution < 1.29 is 19.1 Å². The Balaban J connectivity index is 1.07. The van der Waals surface area contributed by atoms with Gasteiger partial charge in [0, 0.05) is 29.5 Å². The molecule has 190 valence electrons. The maximum absolute atomic E-state index is 12.3. The molecule has 0 N–H and O–H groups in total. The summed E-state index contributed by atoms with van der Waals surface area (Å²) in [6.45, 7) is 2.47. The number of carbonyl (C=O) groups excluding carboxylic acids is 3. The van der Waals surface area contributed by atoms with Crippen LogP contribution in [0.1, 0.15) is 63.9 Å². The van der Waals surface area contributed by atoms with Crippen molar-refractivity contribution in [2.45, 2.75) is 64.3 Å². The maximum Gasteiger partial charge on any atom is 0.256 e. The van der Waals surface area contributed by atoms with Crippen LogP contribution in [0.15, 0.2) is 54.1 Å². The van der Waals surface area contributed by atoms with Crippen molar-refractivity contribution in [3.8, 4) is 0 Å². The quantitative estimate of drug-likeness (QED) is 0.531. The minimum Gasteiger partial charge on any atom is -0.357 e. The number of ether oxygens (including phenoxy) is 1. The molecule has 36 heavy (non-hydrogen) atoms. The molecule has 0 aromatic heterocycles. The van der Waals surface area contributed by atoms with Gasteiger partial charge >= 0.3 is 0 Å². The largest absolute Gasteiger partial charge is 0.357 e. The number of anilines is 1. The summed E-state index contributed by atoms with van der Waals surface area (Å²) in [7, 11) is 0. The van der Waals surface area contributed by atoms with E-state index in [2.05, 4.69) is 24.3 Å². The first kappa shape index (κ1) is 24.7. The average Bonchev–Trinajstić information content (AvgIpc) is 3.03. The topological polar surface area (TPSA) is 66.9 Å². The molecule has 0 radical (unpaired) electrons. The van der Waals surface area contributed by atoms with E-state index in [0.29, 0.717) is 18.1 Å². The van der Waals surface area contributed by atoms with Gasteiger partial charge < -0.3 is 4.74 Å². The van der Waals surface area contributed by atoms with Gasteiger partial charge in [0.25, 0.3) is 17.7 Å². The van der Waals surface area contributed by atoms with Crippen LogP contribution in [0.3, 0.4) is 0 Å². The normalized spacial score (nSPS) is 29.7. The third kappa shape index (κ3) is 5.39. The lowest BCUT2D eigenvalue weighted by atomic mass is 9.70. The Morgan fingerprint density at radius 3 is 2.17 bits per heavy atom. The van der Waals surface area contributed by atoms with Crippen LogP contribution in [0.4, 0.5) is 5.69 Å². The first-order valence-corrected chi connectivity index (χ1v) is 13.4. The molecule has 2 fully saturated rings. The smallest absolute Gasteiger partial charge is 0.256 e. The predicted molar refractivity (Wildman–Crippen MR) is 140 cm³/mol. The number of nitrogens with zero attached hydrogens (tertiary/aromatic N) is 2. The molecule has 2 heterocycles. The van der Waals surface area contributed by atoms with E-state index in [-0.39, 0.29) is 30.5 Å². The molecule has 6 nitrogen and oxygen atoms in total. The van der Waals surface area contributed by atoms with Gasteiger partial charge in [-0.25, -0.2) is 0 Å². The lowest BCUT2D eigenvalue weighted by Gasteiger charge is -2.39. The molecular weight excluding hydrogens is 452 g/mol. The summed E-state index contributed by atoms with van der Waals surface area (Å²) in [6, 6.07) is 8.17. The second-order valence-electron chi connectivity index (χ2n) is 10.7. The van der Waals surface area contributed by atoms with Gasteiger partial charge in [0.05, 0.1) is 6.61 Å². The van der Waals surface area contributed by atoms with Crippen LogP contribution in [-0.4, -0.2) is 42.0 Å². The minimum absolute atomic E-state index is 0.0498. The summed E-state index contributed by atoms with van der Waals surface area (Å²) >= 11 is 0. The van der Waals surface area contributed by atoms with Crippen LogP contribution in [0.5, 0.6) is 0 Å². The summed E-state index contributed by atoms with van der Waals surface area (Å²) in [5.74, 6) is 1.84. The zero-order chi connectivity index (χ0) is 25.1. The van der Waals surface area contributed by atoms with Gasteiger partial charge in [-0.3, -0.25) is 24.2 Å². The van der Waals surface area contributed by atoms with Gasteiger partial charge in [-0.05, 0) is 93.7 Å². The Morgan fingerprint density at radius 1 is 0.861 bits per heavy atom. The number of rotatable bonds is 5. The molecule has 4 aliphatic rings. The van der Waals surface area contributed by atoms with E-state index in [1.54, 1.807) is 24.0 Å². The highest BCUT2D eigenvalue weighted by Gasteiger charge is 2.38. The van der Waals surface area contributed by atoms with Crippen molar-refractivity contribution in [1.29, 1.82) is 0 Å². The molecule has 2 aliphatic carbocycles. The predicted octanol–water partition coefficient (Wildman–Crippen LogP) is 5.26. The van der Waals surface area contributed by atoms with Crippen molar-refractivity contribution >= 4 is 29.5 Å². The molecule has 1 aromatic carbocycles. The fraction of sp³-hybridized carbons (Fsp3) is 0.500. The van der Waals surface area contributed by atoms with Crippen LogP contribution in [0.2, 0.25) is 0 Å². The van der Waals surface area contributed by atoms with Crippen molar-refractivity contribution in [3.63, 3.8) is 0 Å². The van der Waals surface area contributed by atoms with Crippen LogP contribution < -0.4 is 4.90 Å². The van der Waals surface area contributed by atoms with Crippen LogP contribution in [0.25, 0.3) is 6.08 Å². The molecule has 0 saturated heterocycles. The maximum atomic E-state index is 12.3. The van der Waals surface area contributed by atoms with E-state index in [1.165, 1.54) is 36.7 Å². The number of hydrogen-bond donors (Lipinski definition) is 0. The average molecular weight is 489 g/mol. The van der Waals surface area contributed by atoms with Gasteiger partial charge in [0.15, 0.2) is 0 Å². The molecule has 2 aliphatic heterocycles. The molecule has 1 aromatic rings. The molecule has 5 rings (SSSR count). The van der Waals surface area contributed by atoms with Crippen LogP contribution in [0, 0.1) is 17.8 Å². The van der Waals surface area contributed by atoms with E-state index >= 15 is 0 Å². The van der Waals surface area contributed by atoms with E-state index < -0.39 is 0 Å². The molecule has 0 unspecified atom stereocenters. The summed E-state index contributed by atoms with van der Waals surface area (Å²) in [5.41, 5.74) is 2.57. The van der Waals surface area contributed by atoms with E-state index in [4.69, 9.17) is 4.74 Å². The van der Waals surface area contributed by atoms with E-state index in [9.17, 15) is 14.4 Å². The first-order valence-electron chi connectivity index (χ1n) is 13.4. The number of hydrogen-bond acceptors (Lipinski definition) is 4. The molecule has 0 bridgehead atoms. The fourth-order valence-electron chi connectivity index (χ4n) is 6.32. The molecular formula is C30H36N2O4. The minimum atomic E-state index is -0.121. The second-order valence-corrected chi connectivity index (χ2v) is 10.7. The Labute approximate surface area is 213 Å². The first-order chi connectivity index (χ1) is 17.5. The second kappa shape index (κ2) is 11.0. The van der Waals surface area contributed by atoms with Gasteiger partial charge in [-0.2, -0.15) is 0 Å². The Bertz CT molecular complexity index is 1070. The van der Waals surface area contributed by atoms with Crippen molar-refractivity contribution in [3.05, 3.63) is 59.7 Å². The Kier molecular flexibility index (Phi) is 7.51. The fourth-order valence-corrected chi connectivity index (χ4v) is 6.32. The highest BCUT2D eigenvalue weighted by atomic mass is 16.5. The summed E-state index contributed by atoms with van der Waals surface area (Å²) < 4.78 is 5.46. The van der Waals surface area contributed by atoms with E-state index in [0.717, 1.165) is 48.8 Å². The number of allylic oxidation sites excluding steroid dienone is 1. The number of benzene rings is 1. The zero-order valence-corrected chi connectivity index (χ0v) is 21.1. The highest BCUT2D eigenvalue weighted by molar-refractivity contribution is 6.16. The molecule has 2 saturated carbocycles. The SMILES string of the molecule is CC1=CC(=O)N(C2CCC(C3CCC(/C=C/c4ccc(N5COCC=CC5=O)cc4)CC3)CC2)C1=O. The molecule has 0 spiro atoms. The summed E-state index contributed by atoms with van der Waals surface area (Å²) in [5, 5.41) is 0. The van der Waals surface area contributed by atoms with Gasteiger partial charge in [0.2, 0.25) is 0 Å². The lowest BCUT2D eigenvalue weighted by Crippen LogP contribution is -2.43. The third-order valence-corrected chi connectivity index (χ3v) is 8.45. The lowest BCUT2D eigenvalue weighted by molar-refractivity contribution is -0.141. The van der Waals surface area contributed by atoms with Crippen LogP contribution in [-0.2, 0) is 19.1 Å². The van der Waals surface area contributed by atoms with Crippen LogP contribution >= 0.6 is 0 Å².